The molecule has 28 heavy (non-hydrogen) atoms. The topological polar surface area (TPSA) is 63.5 Å². The van der Waals surface area contributed by atoms with Gasteiger partial charge >= 0.3 is 0 Å². The summed E-state index contributed by atoms with van der Waals surface area (Å²) < 4.78 is 6.92. The van der Waals surface area contributed by atoms with Gasteiger partial charge in [-0.15, -0.1) is 12.6 Å². The van der Waals surface area contributed by atoms with Crippen molar-refractivity contribution >= 4 is 46.9 Å². The van der Waals surface area contributed by atoms with Gasteiger partial charge in [-0.2, -0.15) is 5.10 Å². The minimum absolute atomic E-state index is 0.0247. The van der Waals surface area contributed by atoms with Crippen LogP contribution in [0.1, 0.15) is 0 Å². The van der Waals surface area contributed by atoms with Gasteiger partial charge in [0.15, 0.2) is 5.65 Å². The van der Waals surface area contributed by atoms with Gasteiger partial charge in [-0.3, -0.25) is 4.79 Å². The summed E-state index contributed by atoms with van der Waals surface area (Å²) in [6.07, 6.45) is 1.69. The second-order valence-electron chi connectivity index (χ2n) is 6.54. The first-order valence-corrected chi connectivity index (χ1v) is 9.76. The molecule has 1 saturated heterocycles. The highest BCUT2D eigenvalue weighted by Gasteiger charge is 2.23. The summed E-state index contributed by atoms with van der Waals surface area (Å²) in [4.78, 5) is 21.2. The number of carbonyl (C=O) groups is 1. The van der Waals surface area contributed by atoms with E-state index in [2.05, 4.69) is 27.6 Å². The summed E-state index contributed by atoms with van der Waals surface area (Å²) in [6.45, 7) is 2.93. The molecule has 1 amide bonds. The number of aromatic nitrogens is 3. The van der Waals surface area contributed by atoms with Gasteiger partial charge in [0, 0.05) is 44.1 Å². The van der Waals surface area contributed by atoms with Crippen molar-refractivity contribution in [1.29, 1.82) is 0 Å². The molecule has 3 aromatic rings. The number of carbonyl (C=O) groups excluding carboxylic acids is 1. The Balaban J connectivity index is 1.41. The number of piperazine rings is 1. The first kappa shape index (κ1) is 18.9. The molecule has 1 fully saturated rings. The summed E-state index contributed by atoms with van der Waals surface area (Å²) in [5, 5.41) is 6.36. The van der Waals surface area contributed by atoms with Gasteiger partial charge in [0.2, 0.25) is 5.91 Å². The van der Waals surface area contributed by atoms with E-state index in [0.29, 0.717) is 34.5 Å². The fraction of sp³-hybridized carbons (Fsp3) is 0.316. The number of anilines is 1. The van der Waals surface area contributed by atoms with Crippen molar-refractivity contribution in [1.82, 2.24) is 19.7 Å². The molecule has 0 N–H and O–H groups in total. The number of rotatable bonds is 4. The fourth-order valence-electron chi connectivity index (χ4n) is 3.39. The highest BCUT2D eigenvalue weighted by Crippen LogP contribution is 2.30. The van der Waals surface area contributed by atoms with Gasteiger partial charge in [0.1, 0.15) is 17.3 Å². The Morgan fingerprint density at radius 1 is 1.25 bits per heavy atom. The van der Waals surface area contributed by atoms with Crippen molar-refractivity contribution in [3.05, 3.63) is 41.6 Å². The molecule has 0 unspecified atom stereocenters. The number of halogens is 1. The lowest BCUT2D eigenvalue weighted by molar-refractivity contribution is -0.132. The Bertz CT molecular complexity index is 1020. The van der Waals surface area contributed by atoms with E-state index in [1.807, 2.05) is 35.2 Å². The molecule has 9 heteroatoms. The SMILES string of the molecule is COc1cc(N2CCN(C(=O)Cn3nc(S)c4cccnc43)CC2)ccc1Cl. The maximum Gasteiger partial charge on any atom is 0.244 e. The van der Waals surface area contributed by atoms with E-state index in [9.17, 15) is 4.79 Å². The zero-order valence-electron chi connectivity index (χ0n) is 15.4. The van der Waals surface area contributed by atoms with Crippen molar-refractivity contribution < 1.29 is 9.53 Å². The van der Waals surface area contributed by atoms with Crippen LogP contribution in [-0.2, 0) is 11.3 Å². The normalized spacial score (nSPS) is 14.5. The Kier molecular flexibility index (Phi) is 5.32. The molecule has 1 aliphatic rings. The number of fused-ring (bicyclic) bond motifs is 1. The summed E-state index contributed by atoms with van der Waals surface area (Å²) in [6, 6.07) is 9.46. The minimum Gasteiger partial charge on any atom is -0.495 e. The van der Waals surface area contributed by atoms with E-state index >= 15 is 0 Å². The van der Waals surface area contributed by atoms with Gasteiger partial charge in [0.05, 0.1) is 17.5 Å². The zero-order valence-corrected chi connectivity index (χ0v) is 17.0. The average Bonchev–Trinajstić information content (AvgIpc) is 3.04. The molecular formula is C19H20ClN5O2S. The minimum atomic E-state index is 0.0247. The van der Waals surface area contributed by atoms with E-state index in [1.165, 1.54) is 0 Å². The van der Waals surface area contributed by atoms with Crippen molar-refractivity contribution in [3.8, 4) is 5.75 Å². The summed E-state index contributed by atoms with van der Waals surface area (Å²) in [5.41, 5.74) is 1.71. The molecule has 0 aliphatic carbocycles. The molecular weight excluding hydrogens is 398 g/mol. The van der Waals surface area contributed by atoms with E-state index in [1.54, 1.807) is 18.0 Å². The maximum absolute atomic E-state index is 12.8. The van der Waals surface area contributed by atoms with Gasteiger partial charge in [-0.25, -0.2) is 9.67 Å². The second-order valence-corrected chi connectivity index (χ2v) is 7.37. The maximum atomic E-state index is 12.8. The number of hydrogen-bond donors (Lipinski definition) is 1. The van der Waals surface area contributed by atoms with Crippen LogP contribution in [-0.4, -0.2) is 58.9 Å². The third-order valence-corrected chi connectivity index (χ3v) is 5.55. The van der Waals surface area contributed by atoms with Crippen molar-refractivity contribution in [2.24, 2.45) is 0 Å². The van der Waals surface area contributed by atoms with Crippen LogP contribution in [0.4, 0.5) is 5.69 Å². The van der Waals surface area contributed by atoms with Crippen LogP contribution in [0, 0.1) is 0 Å². The number of amides is 1. The smallest absolute Gasteiger partial charge is 0.244 e. The highest BCUT2D eigenvalue weighted by atomic mass is 35.5. The third kappa shape index (κ3) is 3.62. The number of ether oxygens (including phenoxy) is 1. The summed E-state index contributed by atoms with van der Waals surface area (Å²) in [5.74, 6) is 0.676. The molecule has 146 valence electrons. The largest absolute Gasteiger partial charge is 0.495 e. The van der Waals surface area contributed by atoms with Crippen LogP contribution in [0.5, 0.6) is 5.75 Å². The van der Waals surface area contributed by atoms with Gasteiger partial charge in [0.25, 0.3) is 0 Å². The number of hydrogen-bond acceptors (Lipinski definition) is 6. The molecule has 0 saturated carbocycles. The molecule has 1 aliphatic heterocycles. The fourth-order valence-corrected chi connectivity index (χ4v) is 3.87. The first-order chi connectivity index (χ1) is 13.6. The Labute approximate surface area is 173 Å². The predicted octanol–water partition coefficient (Wildman–Crippen LogP) is 2.73. The monoisotopic (exact) mass is 417 g/mol. The lowest BCUT2D eigenvalue weighted by atomic mass is 10.2. The number of methoxy groups -OCH3 is 1. The van der Waals surface area contributed by atoms with E-state index < -0.39 is 0 Å². The zero-order chi connectivity index (χ0) is 19.7. The van der Waals surface area contributed by atoms with Crippen LogP contribution in [0.2, 0.25) is 5.02 Å². The van der Waals surface area contributed by atoms with Gasteiger partial charge in [-0.1, -0.05) is 11.6 Å². The molecule has 0 radical (unpaired) electrons. The van der Waals surface area contributed by atoms with Crippen LogP contribution in [0.25, 0.3) is 11.0 Å². The molecule has 0 bridgehead atoms. The number of pyridine rings is 1. The standard InChI is InChI=1S/C19H20ClN5O2S/c1-27-16-11-13(4-5-15(16)20)23-7-9-24(10-8-23)17(26)12-25-18-14(19(28)22-25)3-2-6-21-18/h2-6,11H,7-10,12H2,1H3,(H,22,28). The molecule has 0 atom stereocenters. The summed E-state index contributed by atoms with van der Waals surface area (Å²) in [7, 11) is 1.60. The quantitative estimate of drug-likeness (QED) is 0.661. The lowest BCUT2D eigenvalue weighted by Gasteiger charge is -2.36. The number of thiol groups is 1. The van der Waals surface area contributed by atoms with Crippen molar-refractivity contribution in [2.45, 2.75) is 11.6 Å². The Morgan fingerprint density at radius 3 is 2.79 bits per heavy atom. The van der Waals surface area contributed by atoms with Crippen LogP contribution in [0.15, 0.2) is 41.6 Å². The van der Waals surface area contributed by atoms with Crippen LogP contribution in [0.3, 0.4) is 0 Å². The summed E-state index contributed by atoms with van der Waals surface area (Å²) >= 11 is 10.5. The Hall–Kier alpha value is -2.45. The molecule has 3 heterocycles. The van der Waals surface area contributed by atoms with E-state index in [-0.39, 0.29) is 12.5 Å². The lowest BCUT2D eigenvalue weighted by Crippen LogP contribution is -2.49. The average molecular weight is 418 g/mol. The van der Waals surface area contributed by atoms with Crippen molar-refractivity contribution in [3.63, 3.8) is 0 Å². The van der Waals surface area contributed by atoms with Crippen LogP contribution >= 0.6 is 24.2 Å². The van der Waals surface area contributed by atoms with Crippen molar-refractivity contribution in [2.75, 3.05) is 38.2 Å². The molecule has 1 aromatic carbocycles. The Morgan fingerprint density at radius 2 is 2.04 bits per heavy atom. The first-order valence-electron chi connectivity index (χ1n) is 8.93. The van der Waals surface area contributed by atoms with E-state index in [4.69, 9.17) is 16.3 Å². The molecule has 2 aromatic heterocycles. The van der Waals surface area contributed by atoms with Crippen LogP contribution < -0.4 is 9.64 Å². The third-order valence-electron chi connectivity index (χ3n) is 4.90. The highest BCUT2D eigenvalue weighted by molar-refractivity contribution is 7.80. The van der Waals surface area contributed by atoms with Gasteiger partial charge < -0.3 is 14.5 Å². The van der Waals surface area contributed by atoms with E-state index in [0.717, 1.165) is 24.2 Å². The second kappa shape index (κ2) is 7.89. The molecule has 7 nitrogen and oxygen atoms in total. The number of nitrogens with zero attached hydrogens (tertiary/aromatic N) is 5. The molecule has 4 rings (SSSR count). The predicted molar refractivity (Wildman–Crippen MR) is 112 cm³/mol. The number of benzene rings is 1. The van der Waals surface area contributed by atoms with Gasteiger partial charge in [-0.05, 0) is 24.3 Å². The molecule has 0 spiro atoms.